The highest BCUT2D eigenvalue weighted by molar-refractivity contribution is 6.31. The molecule has 1 aliphatic heterocycles. The number of urea groups is 1. The van der Waals surface area contributed by atoms with E-state index in [0.717, 1.165) is 5.56 Å². The van der Waals surface area contributed by atoms with E-state index in [-0.39, 0.29) is 24.5 Å². The van der Waals surface area contributed by atoms with Crippen LogP contribution in [-0.4, -0.2) is 36.5 Å². The van der Waals surface area contributed by atoms with Crippen LogP contribution in [0.3, 0.4) is 0 Å². The minimum atomic E-state index is -0.322. The highest BCUT2D eigenvalue weighted by Crippen LogP contribution is 2.21. The van der Waals surface area contributed by atoms with Gasteiger partial charge in [-0.2, -0.15) is 0 Å². The molecule has 0 aromatic heterocycles. The lowest BCUT2D eigenvalue weighted by atomic mass is 10.1. The molecule has 1 atom stereocenters. The summed E-state index contributed by atoms with van der Waals surface area (Å²) in [4.78, 5) is 24.4. The summed E-state index contributed by atoms with van der Waals surface area (Å²) in [5, 5.41) is 6.34. The Balaban J connectivity index is 1.90. The van der Waals surface area contributed by atoms with Crippen LogP contribution < -0.4 is 10.6 Å². The van der Waals surface area contributed by atoms with Crippen molar-refractivity contribution in [3.8, 4) is 0 Å². The molecule has 0 spiro atoms. The van der Waals surface area contributed by atoms with E-state index >= 15 is 0 Å². The predicted molar refractivity (Wildman–Crippen MR) is 73.0 cm³/mol. The van der Waals surface area contributed by atoms with Gasteiger partial charge in [0, 0.05) is 24.2 Å². The van der Waals surface area contributed by atoms with Crippen molar-refractivity contribution in [1.29, 1.82) is 0 Å². The van der Waals surface area contributed by atoms with Crippen LogP contribution >= 0.6 is 11.6 Å². The predicted octanol–water partition coefficient (Wildman–Crippen LogP) is 1.54. The first-order valence-electron chi connectivity index (χ1n) is 6.15. The van der Waals surface area contributed by atoms with Gasteiger partial charge in [0.25, 0.3) is 0 Å². The Kier molecular flexibility index (Phi) is 4.39. The van der Waals surface area contributed by atoms with Crippen molar-refractivity contribution in [1.82, 2.24) is 15.5 Å². The number of imide groups is 1. The number of rotatable bonds is 4. The summed E-state index contributed by atoms with van der Waals surface area (Å²) >= 11 is 6.09. The molecule has 102 valence electrons. The zero-order valence-corrected chi connectivity index (χ0v) is 11.4. The third kappa shape index (κ3) is 3.24. The fourth-order valence-electron chi connectivity index (χ4n) is 1.98. The largest absolute Gasteiger partial charge is 0.336 e. The molecule has 1 aliphatic rings. The van der Waals surface area contributed by atoms with Crippen LogP contribution in [0.25, 0.3) is 0 Å². The number of hydrogen-bond acceptors (Lipinski definition) is 3. The number of nitrogens with zero attached hydrogens (tertiary/aromatic N) is 1. The van der Waals surface area contributed by atoms with E-state index in [4.69, 9.17) is 11.6 Å². The monoisotopic (exact) mass is 281 g/mol. The van der Waals surface area contributed by atoms with Gasteiger partial charge in [-0.1, -0.05) is 29.8 Å². The molecule has 6 heteroatoms. The second kappa shape index (κ2) is 6.04. The second-order valence-corrected chi connectivity index (χ2v) is 4.81. The molecule has 2 N–H and O–H groups in total. The van der Waals surface area contributed by atoms with E-state index in [1.807, 2.05) is 31.2 Å². The molecule has 5 nitrogen and oxygen atoms in total. The molecule has 1 aromatic carbocycles. The maximum absolute atomic E-state index is 11.8. The summed E-state index contributed by atoms with van der Waals surface area (Å²) in [5.74, 6) is -0.228. The van der Waals surface area contributed by atoms with Gasteiger partial charge >= 0.3 is 6.03 Å². The third-order valence-corrected chi connectivity index (χ3v) is 3.43. The van der Waals surface area contributed by atoms with Gasteiger partial charge in [0.1, 0.15) is 0 Å². The van der Waals surface area contributed by atoms with Crippen molar-refractivity contribution < 1.29 is 9.59 Å². The van der Waals surface area contributed by atoms with Crippen molar-refractivity contribution in [3.05, 3.63) is 34.9 Å². The smallest absolute Gasteiger partial charge is 0.324 e. The lowest BCUT2D eigenvalue weighted by molar-refractivity contribution is -0.126. The van der Waals surface area contributed by atoms with Crippen LogP contribution in [0.4, 0.5) is 4.79 Å². The number of carbonyl (C=O) groups is 2. The summed E-state index contributed by atoms with van der Waals surface area (Å²) in [6.45, 7) is 2.99. The van der Waals surface area contributed by atoms with Gasteiger partial charge in [-0.3, -0.25) is 9.69 Å². The molecule has 2 rings (SSSR count). The van der Waals surface area contributed by atoms with Crippen molar-refractivity contribution in [3.63, 3.8) is 0 Å². The van der Waals surface area contributed by atoms with Crippen LogP contribution in [0, 0.1) is 0 Å². The van der Waals surface area contributed by atoms with E-state index in [9.17, 15) is 9.59 Å². The molecule has 0 bridgehead atoms. The normalized spacial score (nSPS) is 16.3. The van der Waals surface area contributed by atoms with Crippen LogP contribution in [0.2, 0.25) is 5.02 Å². The Hall–Kier alpha value is -1.59. The number of carbonyl (C=O) groups excluding carboxylic acids is 2. The molecule has 0 aliphatic carbocycles. The molecular weight excluding hydrogens is 266 g/mol. The van der Waals surface area contributed by atoms with Gasteiger partial charge in [-0.15, -0.1) is 0 Å². The fraction of sp³-hybridized carbons (Fsp3) is 0.385. The number of amides is 3. The molecule has 0 unspecified atom stereocenters. The van der Waals surface area contributed by atoms with Crippen molar-refractivity contribution in [2.45, 2.75) is 13.0 Å². The summed E-state index contributed by atoms with van der Waals surface area (Å²) in [5.41, 5.74) is 0.933. The van der Waals surface area contributed by atoms with Gasteiger partial charge in [0.15, 0.2) is 0 Å². The molecule has 19 heavy (non-hydrogen) atoms. The van der Waals surface area contributed by atoms with Gasteiger partial charge < -0.3 is 10.6 Å². The Morgan fingerprint density at radius 3 is 2.89 bits per heavy atom. The summed E-state index contributed by atoms with van der Waals surface area (Å²) in [6.07, 6.45) is 0. The zero-order chi connectivity index (χ0) is 13.8. The first kappa shape index (κ1) is 13.8. The van der Waals surface area contributed by atoms with Gasteiger partial charge in [0.05, 0.1) is 6.54 Å². The lowest BCUT2D eigenvalue weighted by Crippen LogP contribution is -2.40. The molecule has 1 fully saturated rings. The molecule has 1 aromatic rings. The Bertz CT molecular complexity index is 493. The first-order valence-corrected chi connectivity index (χ1v) is 6.53. The number of hydrogen-bond donors (Lipinski definition) is 2. The van der Waals surface area contributed by atoms with Crippen LogP contribution in [0.1, 0.15) is 18.5 Å². The van der Waals surface area contributed by atoms with Crippen molar-refractivity contribution in [2.24, 2.45) is 0 Å². The standard InChI is InChI=1S/C13H16ClN3O2/c1-9(10-4-2-3-5-11(10)14)16-8-12(18)17-7-6-15-13(17)19/h2-5,9,16H,6-8H2,1H3,(H,15,19)/t9-/m1/s1. The van der Waals surface area contributed by atoms with Crippen molar-refractivity contribution >= 4 is 23.5 Å². The average Bonchev–Trinajstić information content (AvgIpc) is 2.82. The Labute approximate surface area is 116 Å². The first-order chi connectivity index (χ1) is 9.09. The van der Waals surface area contributed by atoms with Crippen LogP contribution in [0.15, 0.2) is 24.3 Å². The van der Waals surface area contributed by atoms with E-state index in [2.05, 4.69) is 10.6 Å². The highest BCUT2D eigenvalue weighted by atomic mass is 35.5. The van der Waals surface area contributed by atoms with Gasteiger partial charge in [-0.05, 0) is 18.6 Å². The van der Waals surface area contributed by atoms with E-state index in [1.54, 1.807) is 0 Å². The van der Waals surface area contributed by atoms with Gasteiger partial charge in [0.2, 0.25) is 5.91 Å². The summed E-state index contributed by atoms with van der Waals surface area (Å²) < 4.78 is 0. The van der Waals surface area contributed by atoms with Crippen LogP contribution in [0.5, 0.6) is 0 Å². The minimum absolute atomic E-state index is 0.0525. The molecule has 3 amide bonds. The molecule has 0 radical (unpaired) electrons. The number of halogens is 1. The van der Waals surface area contributed by atoms with E-state index in [1.165, 1.54) is 4.90 Å². The quantitative estimate of drug-likeness (QED) is 0.880. The average molecular weight is 282 g/mol. The summed E-state index contributed by atoms with van der Waals surface area (Å²) in [6, 6.07) is 7.10. The lowest BCUT2D eigenvalue weighted by Gasteiger charge is -2.17. The summed E-state index contributed by atoms with van der Waals surface area (Å²) in [7, 11) is 0. The topological polar surface area (TPSA) is 61.4 Å². The highest BCUT2D eigenvalue weighted by Gasteiger charge is 2.25. The number of benzene rings is 1. The van der Waals surface area contributed by atoms with E-state index in [0.29, 0.717) is 18.1 Å². The van der Waals surface area contributed by atoms with E-state index < -0.39 is 0 Å². The SMILES string of the molecule is C[C@@H](NCC(=O)N1CCNC1=O)c1ccccc1Cl. The molecular formula is C13H16ClN3O2. The molecule has 1 heterocycles. The van der Waals surface area contributed by atoms with Gasteiger partial charge in [-0.25, -0.2) is 4.79 Å². The molecule has 0 saturated carbocycles. The van der Waals surface area contributed by atoms with Crippen molar-refractivity contribution in [2.75, 3.05) is 19.6 Å². The Morgan fingerprint density at radius 2 is 2.26 bits per heavy atom. The maximum Gasteiger partial charge on any atom is 0.324 e. The second-order valence-electron chi connectivity index (χ2n) is 4.40. The minimum Gasteiger partial charge on any atom is -0.336 e. The Morgan fingerprint density at radius 1 is 1.53 bits per heavy atom. The molecule has 1 saturated heterocycles. The zero-order valence-electron chi connectivity index (χ0n) is 10.6. The number of nitrogens with one attached hydrogen (secondary N) is 2. The van der Waals surface area contributed by atoms with Crippen LogP contribution in [-0.2, 0) is 4.79 Å². The maximum atomic E-state index is 11.8. The third-order valence-electron chi connectivity index (χ3n) is 3.09. The fourth-order valence-corrected chi connectivity index (χ4v) is 2.28.